The predicted octanol–water partition coefficient (Wildman–Crippen LogP) is 3.15. The zero-order valence-electron chi connectivity index (χ0n) is 14.2. The van der Waals surface area contributed by atoms with E-state index in [1.54, 1.807) is 23.1 Å². The Morgan fingerprint density at radius 3 is 2.38 bits per heavy atom. The summed E-state index contributed by atoms with van der Waals surface area (Å²) in [4.78, 5) is 20.8. The van der Waals surface area contributed by atoms with Crippen molar-refractivity contribution in [2.75, 3.05) is 5.32 Å². The Morgan fingerprint density at radius 1 is 1.08 bits per heavy atom. The number of aromatic nitrogens is 4. The van der Waals surface area contributed by atoms with Gasteiger partial charge in [-0.3, -0.25) is 4.79 Å². The molecule has 0 aliphatic carbocycles. The molecule has 0 radical (unpaired) electrons. The number of carbonyl (C=O) groups is 1. The van der Waals surface area contributed by atoms with Crippen molar-refractivity contribution in [1.82, 2.24) is 19.7 Å². The molecule has 3 rings (SSSR count). The molecule has 0 unspecified atom stereocenters. The van der Waals surface area contributed by atoms with Crippen molar-refractivity contribution in [3.8, 4) is 5.95 Å². The zero-order valence-corrected chi connectivity index (χ0v) is 14.2. The average Bonchev–Trinajstić information content (AvgIpc) is 2.83. The maximum absolute atomic E-state index is 12.2. The summed E-state index contributed by atoms with van der Waals surface area (Å²) < 4.78 is 1.71. The molecule has 2 aromatic heterocycles. The van der Waals surface area contributed by atoms with E-state index in [-0.39, 0.29) is 5.91 Å². The van der Waals surface area contributed by atoms with Crippen LogP contribution in [0.2, 0.25) is 0 Å². The van der Waals surface area contributed by atoms with Crippen LogP contribution in [-0.4, -0.2) is 25.7 Å². The number of nitrogens with one attached hydrogen (secondary N) is 1. The molecule has 122 valence electrons. The average molecular weight is 321 g/mol. The standard InChI is InChI=1S/C18H19N5O/c1-11-6-5-7-15(8-11)17(24)21-16-9-19-18(20-10-16)23-14(4)12(2)13(3)22-23/h5-10H,1-4H3,(H,21,24). The van der Waals surface area contributed by atoms with Crippen LogP contribution in [0.15, 0.2) is 36.7 Å². The number of carbonyl (C=O) groups excluding carboxylic acids is 1. The topological polar surface area (TPSA) is 72.7 Å². The van der Waals surface area contributed by atoms with Gasteiger partial charge >= 0.3 is 0 Å². The van der Waals surface area contributed by atoms with Crippen molar-refractivity contribution in [2.45, 2.75) is 27.7 Å². The first kappa shape index (κ1) is 15.9. The van der Waals surface area contributed by atoms with Gasteiger partial charge in [-0.1, -0.05) is 17.7 Å². The van der Waals surface area contributed by atoms with E-state index in [1.165, 1.54) is 0 Å². The minimum absolute atomic E-state index is 0.183. The molecular formula is C18H19N5O. The van der Waals surface area contributed by atoms with Crippen LogP contribution in [0.1, 0.15) is 32.9 Å². The predicted molar refractivity (Wildman–Crippen MR) is 92.5 cm³/mol. The van der Waals surface area contributed by atoms with Gasteiger partial charge in [-0.2, -0.15) is 5.10 Å². The number of benzene rings is 1. The maximum atomic E-state index is 12.2. The maximum Gasteiger partial charge on any atom is 0.255 e. The highest BCUT2D eigenvalue weighted by molar-refractivity contribution is 6.04. The molecule has 1 N–H and O–H groups in total. The van der Waals surface area contributed by atoms with E-state index in [0.717, 1.165) is 22.5 Å². The normalized spacial score (nSPS) is 10.7. The highest BCUT2D eigenvalue weighted by atomic mass is 16.1. The van der Waals surface area contributed by atoms with Crippen LogP contribution in [-0.2, 0) is 0 Å². The van der Waals surface area contributed by atoms with E-state index in [0.29, 0.717) is 17.2 Å². The summed E-state index contributed by atoms with van der Waals surface area (Å²) in [6.07, 6.45) is 3.17. The lowest BCUT2D eigenvalue weighted by Crippen LogP contribution is -2.13. The van der Waals surface area contributed by atoms with Crippen LogP contribution in [0.4, 0.5) is 5.69 Å². The quantitative estimate of drug-likeness (QED) is 0.804. The van der Waals surface area contributed by atoms with E-state index in [4.69, 9.17) is 0 Å². The van der Waals surface area contributed by atoms with E-state index in [2.05, 4.69) is 20.4 Å². The molecule has 0 saturated carbocycles. The molecule has 0 fully saturated rings. The van der Waals surface area contributed by atoms with Gasteiger partial charge in [0, 0.05) is 11.3 Å². The first-order chi connectivity index (χ1) is 11.5. The Morgan fingerprint density at radius 2 is 1.79 bits per heavy atom. The summed E-state index contributed by atoms with van der Waals surface area (Å²) in [7, 11) is 0. The molecule has 0 aliphatic rings. The van der Waals surface area contributed by atoms with Gasteiger partial charge in [0.15, 0.2) is 0 Å². The van der Waals surface area contributed by atoms with Gasteiger partial charge in [0.05, 0.1) is 23.8 Å². The van der Waals surface area contributed by atoms with Gasteiger partial charge in [0.25, 0.3) is 11.9 Å². The van der Waals surface area contributed by atoms with Crippen LogP contribution < -0.4 is 5.32 Å². The lowest BCUT2D eigenvalue weighted by molar-refractivity contribution is 0.102. The van der Waals surface area contributed by atoms with Gasteiger partial charge in [0.2, 0.25) is 0 Å². The van der Waals surface area contributed by atoms with Crippen LogP contribution >= 0.6 is 0 Å². The Hall–Kier alpha value is -3.02. The van der Waals surface area contributed by atoms with Gasteiger partial charge in [-0.25, -0.2) is 14.6 Å². The third-order valence-corrected chi connectivity index (χ3v) is 4.02. The molecule has 3 aromatic rings. The molecule has 0 bridgehead atoms. The monoisotopic (exact) mass is 321 g/mol. The second-order valence-electron chi connectivity index (χ2n) is 5.80. The molecular weight excluding hydrogens is 302 g/mol. The van der Waals surface area contributed by atoms with E-state index >= 15 is 0 Å². The summed E-state index contributed by atoms with van der Waals surface area (Å²) in [5, 5.41) is 7.23. The number of amides is 1. The number of rotatable bonds is 3. The fourth-order valence-corrected chi connectivity index (χ4v) is 2.40. The molecule has 1 amide bonds. The molecule has 2 heterocycles. The number of hydrogen-bond acceptors (Lipinski definition) is 4. The number of anilines is 1. The molecule has 6 nitrogen and oxygen atoms in total. The first-order valence-corrected chi connectivity index (χ1v) is 7.69. The van der Waals surface area contributed by atoms with Gasteiger partial charge in [-0.15, -0.1) is 0 Å². The van der Waals surface area contributed by atoms with Crippen molar-refractivity contribution in [3.63, 3.8) is 0 Å². The summed E-state index contributed by atoms with van der Waals surface area (Å²) in [5.41, 5.74) is 5.26. The molecule has 0 spiro atoms. The van der Waals surface area contributed by atoms with Crippen molar-refractivity contribution in [3.05, 3.63) is 64.7 Å². The first-order valence-electron chi connectivity index (χ1n) is 7.69. The Balaban J connectivity index is 1.80. The van der Waals surface area contributed by atoms with Crippen molar-refractivity contribution in [2.24, 2.45) is 0 Å². The van der Waals surface area contributed by atoms with E-state index in [9.17, 15) is 4.79 Å². The molecule has 24 heavy (non-hydrogen) atoms. The summed E-state index contributed by atoms with van der Waals surface area (Å²) in [6, 6.07) is 7.42. The van der Waals surface area contributed by atoms with Crippen LogP contribution in [0.5, 0.6) is 0 Å². The van der Waals surface area contributed by atoms with Crippen LogP contribution in [0, 0.1) is 27.7 Å². The van der Waals surface area contributed by atoms with Crippen molar-refractivity contribution >= 4 is 11.6 Å². The Kier molecular flexibility index (Phi) is 4.12. The van der Waals surface area contributed by atoms with Gasteiger partial charge in [-0.05, 0) is 45.4 Å². The van der Waals surface area contributed by atoms with Crippen molar-refractivity contribution < 1.29 is 4.79 Å². The third-order valence-electron chi connectivity index (χ3n) is 4.02. The van der Waals surface area contributed by atoms with Crippen LogP contribution in [0.25, 0.3) is 5.95 Å². The lowest BCUT2D eigenvalue weighted by Gasteiger charge is -2.07. The number of nitrogens with zero attached hydrogens (tertiary/aromatic N) is 4. The second kappa shape index (κ2) is 6.23. The molecule has 6 heteroatoms. The number of aryl methyl sites for hydroxylation is 2. The zero-order chi connectivity index (χ0) is 17.3. The Labute approximate surface area is 140 Å². The lowest BCUT2D eigenvalue weighted by atomic mass is 10.1. The van der Waals surface area contributed by atoms with E-state index < -0.39 is 0 Å². The Bertz CT molecular complexity index is 896. The largest absolute Gasteiger partial charge is 0.319 e. The fraction of sp³-hybridized carbons (Fsp3) is 0.222. The molecule has 0 saturated heterocycles. The summed E-state index contributed by atoms with van der Waals surface area (Å²) >= 11 is 0. The van der Waals surface area contributed by atoms with Crippen molar-refractivity contribution in [1.29, 1.82) is 0 Å². The third kappa shape index (κ3) is 3.03. The highest BCUT2D eigenvalue weighted by Crippen LogP contribution is 2.15. The van der Waals surface area contributed by atoms with Gasteiger partial charge in [0.1, 0.15) is 0 Å². The minimum atomic E-state index is -0.183. The fourth-order valence-electron chi connectivity index (χ4n) is 2.40. The summed E-state index contributed by atoms with van der Waals surface area (Å²) in [5.74, 6) is 0.300. The summed E-state index contributed by atoms with van der Waals surface area (Å²) in [6.45, 7) is 7.90. The van der Waals surface area contributed by atoms with Crippen LogP contribution in [0.3, 0.4) is 0 Å². The minimum Gasteiger partial charge on any atom is -0.319 e. The SMILES string of the molecule is Cc1cccc(C(=O)Nc2cnc(-n3nc(C)c(C)c3C)nc2)c1. The number of hydrogen-bond donors (Lipinski definition) is 1. The molecule has 0 aliphatic heterocycles. The molecule has 1 aromatic carbocycles. The smallest absolute Gasteiger partial charge is 0.255 e. The highest BCUT2D eigenvalue weighted by Gasteiger charge is 2.12. The molecule has 0 atom stereocenters. The van der Waals surface area contributed by atoms with Gasteiger partial charge < -0.3 is 5.32 Å². The van der Waals surface area contributed by atoms with E-state index in [1.807, 2.05) is 45.9 Å². The second-order valence-corrected chi connectivity index (χ2v) is 5.80.